The highest BCUT2D eigenvalue weighted by Gasteiger charge is 2.29. The molecule has 118 valence electrons. The summed E-state index contributed by atoms with van der Waals surface area (Å²) >= 11 is 0. The largest absolute Gasteiger partial charge is 0.399 e. The molecule has 1 aromatic carbocycles. The van der Waals surface area contributed by atoms with E-state index in [0.29, 0.717) is 5.69 Å². The maximum Gasteiger partial charge on any atom is 0.241 e. The van der Waals surface area contributed by atoms with Gasteiger partial charge in [0, 0.05) is 11.7 Å². The van der Waals surface area contributed by atoms with Gasteiger partial charge in [-0.3, -0.25) is 9.69 Å². The molecule has 0 heterocycles. The molecule has 0 fully saturated rings. The van der Waals surface area contributed by atoms with Crippen molar-refractivity contribution >= 4 is 17.3 Å². The first-order valence-electron chi connectivity index (χ1n) is 7.12. The summed E-state index contributed by atoms with van der Waals surface area (Å²) in [6.07, 6.45) is 0. The van der Waals surface area contributed by atoms with Gasteiger partial charge in [0.25, 0.3) is 0 Å². The second-order valence-electron chi connectivity index (χ2n) is 6.61. The summed E-state index contributed by atoms with van der Waals surface area (Å²) in [5, 5.41) is 2.60. The number of benzene rings is 1. The number of hydrogen-bond acceptors (Lipinski definition) is 3. The van der Waals surface area contributed by atoms with E-state index in [2.05, 4.69) is 33.0 Å². The van der Waals surface area contributed by atoms with Crippen LogP contribution in [0, 0.1) is 11.2 Å². The summed E-state index contributed by atoms with van der Waals surface area (Å²) in [6.45, 7) is 10.2. The maximum atomic E-state index is 13.7. The van der Waals surface area contributed by atoms with Crippen molar-refractivity contribution in [3.63, 3.8) is 0 Å². The van der Waals surface area contributed by atoms with Gasteiger partial charge in [0.2, 0.25) is 5.91 Å². The molecule has 1 rings (SSSR count). The summed E-state index contributed by atoms with van der Waals surface area (Å²) < 4.78 is 13.7. The van der Waals surface area contributed by atoms with E-state index < -0.39 is 5.82 Å². The average Bonchev–Trinajstić information content (AvgIpc) is 2.39. The number of nitrogens with zero attached hydrogens (tertiary/aromatic N) is 1. The number of likely N-dealkylation sites (N-methyl/N-ethyl adjacent to an activating group) is 1. The van der Waals surface area contributed by atoms with E-state index in [9.17, 15) is 9.18 Å². The lowest BCUT2D eigenvalue weighted by Crippen LogP contribution is -2.48. The van der Waals surface area contributed by atoms with Crippen LogP contribution in [0.15, 0.2) is 18.2 Å². The number of halogens is 1. The van der Waals surface area contributed by atoms with Gasteiger partial charge in [0.15, 0.2) is 0 Å². The van der Waals surface area contributed by atoms with Crippen molar-refractivity contribution in [1.29, 1.82) is 0 Å². The molecule has 0 aliphatic heterocycles. The van der Waals surface area contributed by atoms with Gasteiger partial charge in [-0.05, 0) is 44.5 Å². The van der Waals surface area contributed by atoms with Crippen LogP contribution < -0.4 is 11.1 Å². The predicted molar refractivity (Wildman–Crippen MR) is 85.6 cm³/mol. The Hall–Kier alpha value is -1.62. The fourth-order valence-electron chi connectivity index (χ4n) is 2.01. The first-order chi connectivity index (χ1) is 9.54. The SMILES string of the molecule is CC(C(=O)Nc1cc(N)ccc1F)N(C)C(C)C(C)(C)C. The summed E-state index contributed by atoms with van der Waals surface area (Å²) in [6, 6.07) is 3.95. The standard InChI is InChI=1S/C16H26FN3O/c1-10(20(6)11(2)16(3,4)5)15(21)19-14-9-12(18)7-8-13(14)17/h7-11H,18H2,1-6H3,(H,19,21). The van der Waals surface area contributed by atoms with Crippen LogP contribution >= 0.6 is 0 Å². The fraction of sp³-hybridized carbons (Fsp3) is 0.562. The number of amides is 1. The molecule has 2 atom stereocenters. The molecule has 5 heteroatoms. The van der Waals surface area contributed by atoms with Crippen LogP contribution in [0.5, 0.6) is 0 Å². The Morgan fingerprint density at radius 1 is 1.33 bits per heavy atom. The van der Waals surface area contributed by atoms with E-state index in [1.54, 1.807) is 0 Å². The van der Waals surface area contributed by atoms with Crippen LogP contribution in [0.1, 0.15) is 34.6 Å². The smallest absolute Gasteiger partial charge is 0.241 e. The van der Waals surface area contributed by atoms with Gasteiger partial charge in [-0.2, -0.15) is 0 Å². The van der Waals surface area contributed by atoms with Crippen molar-refractivity contribution in [3.8, 4) is 0 Å². The molecule has 21 heavy (non-hydrogen) atoms. The molecule has 0 saturated heterocycles. The van der Waals surface area contributed by atoms with Crippen LogP contribution in [-0.4, -0.2) is 29.9 Å². The highest BCUT2D eigenvalue weighted by atomic mass is 19.1. The van der Waals surface area contributed by atoms with Crippen molar-refractivity contribution in [3.05, 3.63) is 24.0 Å². The van der Waals surface area contributed by atoms with Crippen molar-refractivity contribution in [2.45, 2.75) is 46.7 Å². The summed E-state index contributed by atoms with van der Waals surface area (Å²) in [4.78, 5) is 14.3. The van der Waals surface area contributed by atoms with E-state index in [1.165, 1.54) is 18.2 Å². The number of anilines is 2. The van der Waals surface area contributed by atoms with E-state index >= 15 is 0 Å². The Morgan fingerprint density at radius 3 is 2.43 bits per heavy atom. The lowest BCUT2D eigenvalue weighted by molar-refractivity contribution is -0.121. The molecular formula is C16H26FN3O. The number of nitrogens with one attached hydrogen (secondary N) is 1. The minimum atomic E-state index is -0.490. The summed E-state index contributed by atoms with van der Waals surface area (Å²) in [5.41, 5.74) is 6.19. The van der Waals surface area contributed by atoms with Crippen molar-refractivity contribution < 1.29 is 9.18 Å². The molecule has 0 spiro atoms. The average molecular weight is 295 g/mol. The fourth-order valence-corrected chi connectivity index (χ4v) is 2.01. The summed E-state index contributed by atoms with van der Waals surface area (Å²) in [7, 11) is 1.90. The molecule has 0 saturated carbocycles. The number of carbonyl (C=O) groups excluding carboxylic acids is 1. The molecule has 0 bridgehead atoms. The Labute approximate surface area is 126 Å². The lowest BCUT2D eigenvalue weighted by Gasteiger charge is -2.38. The van der Waals surface area contributed by atoms with Gasteiger partial charge in [0.1, 0.15) is 5.82 Å². The molecular weight excluding hydrogens is 269 g/mol. The van der Waals surface area contributed by atoms with Crippen LogP contribution in [0.2, 0.25) is 0 Å². The topological polar surface area (TPSA) is 58.4 Å². The quantitative estimate of drug-likeness (QED) is 0.839. The van der Waals surface area contributed by atoms with Gasteiger partial charge in [-0.25, -0.2) is 4.39 Å². The molecule has 4 nitrogen and oxygen atoms in total. The normalized spacial score (nSPS) is 14.9. The zero-order chi connectivity index (χ0) is 16.4. The molecule has 1 aromatic rings. The molecule has 0 aliphatic rings. The lowest BCUT2D eigenvalue weighted by atomic mass is 9.86. The van der Waals surface area contributed by atoms with Gasteiger partial charge in [-0.1, -0.05) is 20.8 Å². The zero-order valence-electron chi connectivity index (χ0n) is 13.7. The number of nitrogens with two attached hydrogens (primary N) is 1. The van der Waals surface area contributed by atoms with Crippen molar-refractivity contribution in [2.24, 2.45) is 5.41 Å². The Morgan fingerprint density at radius 2 is 1.90 bits per heavy atom. The Kier molecular flexibility index (Phi) is 5.34. The zero-order valence-corrected chi connectivity index (χ0v) is 13.7. The van der Waals surface area contributed by atoms with E-state index in [4.69, 9.17) is 5.73 Å². The third-order valence-electron chi connectivity index (χ3n) is 4.10. The molecule has 0 radical (unpaired) electrons. The van der Waals surface area contributed by atoms with Crippen LogP contribution in [0.25, 0.3) is 0 Å². The number of rotatable bonds is 4. The van der Waals surface area contributed by atoms with E-state index in [-0.39, 0.29) is 29.1 Å². The molecule has 2 unspecified atom stereocenters. The van der Waals surface area contributed by atoms with E-state index in [0.717, 1.165) is 0 Å². The minimum absolute atomic E-state index is 0.0473. The Balaban J connectivity index is 2.81. The minimum Gasteiger partial charge on any atom is -0.399 e. The maximum absolute atomic E-state index is 13.7. The van der Waals surface area contributed by atoms with Gasteiger partial charge in [0.05, 0.1) is 11.7 Å². The highest BCUT2D eigenvalue weighted by Crippen LogP contribution is 2.25. The number of carbonyl (C=O) groups is 1. The van der Waals surface area contributed by atoms with Gasteiger partial charge < -0.3 is 11.1 Å². The Bertz CT molecular complexity index is 511. The first kappa shape index (κ1) is 17.4. The van der Waals surface area contributed by atoms with Gasteiger partial charge in [-0.15, -0.1) is 0 Å². The van der Waals surface area contributed by atoms with Crippen LogP contribution in [0.4, 0.5) is 15.8 Å². The second kappa shape index (κ2) is 6.43. The monoisotopic (exact) mass is 295 g/mol. The van der Waals surface area contributed by atoms with E-state index in [1.807, 2.05) is 18.9 Å². The van der Waals surface area contributed by atoms with Crippen LogP contribution in [0.3, 0.4) is 0 Å². The van der Waals surface area contributed by atoms with Gasteiger partial charge >= 0.3 is 0 Å². The van der Waals surface area contributed by atoms with Crippen LogP contribution in [-0.2, 0) is 4.79 Å². The van der Waals surface area contributed by atoms with Crippen molar-refractivity contribution in [2.75, 3.05) is 18.1 Å². The molecule has 1 amide bonds. The summed E-state index contributed by atoms with van der Waals surface area (Å²) in [5.74, 6) is -0.741. The molecule has 0 aromatic heterocycles. The molecule has 3 N–H and O–H groups in total. The third-order valence-corrected chi connectivity index (χ3v) is 4.10. The third kappa shape index (κ3) is 4.43. The number of nitrogen functional groups attached to an aromatic ring is 1. The molecule has 0 aliphatic carbocycles. The predicted octanol–water partition coefficient (Wildman–Crippen LogP) is 3.10. The number of hydrogen-bond donors (Lipinski definition) is 2. The highest BCUT2D eigenvalue weighted by molar-refractivity contribution is 5.95. The van der Waals surface area contributed by atoms with Crippen molar-refractivity contribution in [1.82, 2.24) is 4.90 Å². The first-order valence-corrected chi connectivity index (χ1v) is 7.12. The second-order valence-corrected chi connectivity index (χ2v) is 6.61.